The van der Waals surface area contributed by atoms with Crippen molar-refractivity contribution in [3.05, 3.63) is 12.7 Å². The smallest absolute Gasteiger partial charge is 0.411 e. The Morgan fingerprint density at radius 1 is 1.44 bits per heavy atom. The Hall–Kier alpha value is -1.32. The lowest BCUT2D eigenvalue weighted by Gasteiger charge is -2.32. The highest BCUT2D eigenvalue weighted by Gasteiger charge is 2.30. The molecule has 0 saturated carbocycles. The summed E-state index contributed by atoms with van der Waals surface area (Å²) in [5, 5.41) is 0. The summed E-state index contributed by atoms with van der Waals surface area (Å²) in [4.78, 5) is 24.7. The van der Waals surface area contributed by atoms with Crippen LogP contribution in [0.15, 0.2) is 12.7 Å². The van der Waals surface area contributed by atoms with Crippen LogP contribution in [0, 0.1) is 5.92 Å². The van der Waals surface area contributed by atoms with Crippen LogP contribution in [-0.4, -0.2) is 35.5 Å². The molecular formula is C14H25NO3. The van der Waals surface area contributed by atoms with E-state index in [9.17, 15) is 9.59 Å². The number of hydrogen-bond acceptors (Lipinski definition) is 3. The Morgan fingerprint density at radius 3 is 2.33 bits per heavy atom. The Bertz CT molecular complexity index is 294. The molecule has 0 aromatic carbocycles. The third-order valence-electron chi connectivity index (χ3n) is 2.68. The highest BCUT2D eigenvalue weighted by atomic mass is 16.6. The first-order chi connectivity index (χ1) is 8.26. The van der Waals surface area contributed by atoms with Crippen LogP contribution in [0.4, 0.5) is 4.79 Å². The van der Waals surface area contributed by atoms with Crippen LogP contribution in [0.2, 0.25) is 0 Å². The second kappa shape index (κ2) is 7.19. The van der Waals surface area contributed by atoms with Gasteiger partial charge in [0, 0.05) is 6.54 Å². The molecule has 0 aliphatic carbocycles. The maximum Gasteiger partial charge on any atom is 0.411 e. The molecule has 2 atom stereocenters. The minimum Gasteiger partial charge on any atom is -0.444 e. The first-order valence-corrected chi connectivity index (χ1v) is 6.32. The molecule has 0 saturated heterocycles. The topological polar surface area (TPSA) is 46.6 Å². The van der Waals surface area contributed by atoms with Crippen molar-refractivity contribution in [2.75, 3.05) is 6.54 Å². The standard InChI is InChI=1S/C14H25NO3/c1-7-9-15(12(10-16)11(3)8-2)13(17)18-14(4,5)6/h7,10-12H,1,8-9H2,2-6H3/t11-,12-/m1/s1. The SMILES string of the molecule is C=CCN(C(=O)OC(C)(C)C)[C@H](C=O)[C@H](C)CC. The molecule has 18 heavy (non-hydrogen) atoms. The zero-order chi connectivity index (χ0) is 14.3. The molecule has 0 aliphatic heterocycles. The highest BCUT2D eigenvalue weighted by Crippen LogP contribution is 2.17. The molecular weight excluding hydrogens is 230 g/mol. The van der Waals surface area contributed by atoms with Crippen molar-refractivity contribution in [2.24, 2.45) is 5.92 Å². The third-order valence-corrected chi connectivity index (χ3v) is 2.68. The van der Waals surface area contributed by atoms with Crippen LogP contribution in [-0.2, 0) is 9.53 Å². The molecule has 1 amide bonds. The van der Waals surface area contributed by atoms with E-state index < -0.39 is 17.7 Å². The maximum atomic E-state index is 12.1. The summed E-state index contributed by atoms with van der Waals surface area (Å²) >= 11 is 0. The predicted octanol–water partition coefficient (Wildman–Crippen LogP) is 3.02. The van der Waals surface area contributed by atoms with E-state index in [1.165, 1.54) is 4.90 Å². The lowest BCUT2D eigenvalue weighted by molar-refractivity contribution is -0.113. The normalized spacial score (nSPS) is 14.5. The molecule has 0 heterocycles. The van der Waals surface area contributed by atoms with E-state index in [-0.39, 0.29) is 5.92 Å². The molecule has 0 fully saturated rings. The molecule has 0 rings (SSSR count). The van der Waals surface area contributed by atoms with Gasteiger partial charge in [0.2, 0.25) is 0 Å². The van der Waals surface area contributed by atoms with Gasteiger partial charge in [-0.3, -0.25) is 4.90 Å². The Morgan fingerprint density at radius 2 is 2.00 bits per heavy atom. The van der Waals surface area contributed by atoms with Crippen molar-refractivity contribution >= 4 is 12.4 Å². The van der Waals surface area contributed by atoms with Crippen LogP contribution in [0.1, 0.15) is 41.0 Å². The first kappa shape index (κ1) is 16.7. The fourth-order valence-corrected chi connectivity index (χ4v) is 1.53. The molecule has 0 radical (unpaired) electrons. The zero-order valence-electron chi connectivity index (χ0n) is 12.1. The average Bonchev–Trinajstić information content (AvgIpc) is 2.26. The van der Waals surface area contributed by atoms with Crippen LogP contribution in [0.25, 0.3) is 0 Å². The number of carbonyl (C=O) groups excluding carboxylic acids is 2. The number of nitrogens with zero attached hydrogens (tertiary/aromatic N) is 1. The molecule has 0 unspecified atom stereocenters. The van der Waals surface area contributed by atoms with Gasteiger partial charge in [-0.2, -0.15) is 0 Å². The van der Waals surface area contributed by atoms with Gasteiger partial charge in [-0.1, -0.05) is 26.3 Å². The number of amides is 1. The summed E-state index contributed by atoms with van der Waals surface area (Å²) < 4.78 is 5.31. The van der Waals surface area contributed by atoms with Crippen molar-refractivity contribution in [3.63, 3.8) is 0 Å². The van der Waals surface area contributed by atoms with Crippen LogP contribution in [0.3, 0.4) is 0 Å². The molecule has 4 heteroatoms. The van der Waals surface area contributed by atoms with E-state index in [1.54, 1.807) is 26.8 Å². The van der Waals surface area contributed by atoms with E-state index in [2.05, 4.69) is 6.58 Å². The monoisotopic (exact) mass is 255 g/mol. The van der Waals surface area contributed by atoms with Crippen molar-refractivity contribution in [3.8, 4) is 0 Å². The third kappa shape index (κ3) is 5.34. The summed E-state index contributed by atoms with van der Waals surface area (Å²) in [5.41, 5.74) is -0.570. The van der Waals surface area contributed by atoms with E-state index in [4.69, 9.17) is 4.74 Å². The molecule has 104 valence electrons. The second-order valence-corrected chi connectivity index (χ2v) is 5.43. The van der Waals surface area contributed by atoms with Gasteiger partial charge in [0.15, 0.2) is 0 Å². The predicted molar refractivity (Wildman–Crippen MR) is 72.4 cm³/mol. The quantitative estimate of drug-likeness (QED) is 0.541. The van der Waals surface area contributed by atoms with Crippen molar-refractivity contribution < 1.29 is 14.3 Å². The molecule has 0 bridgehead atoms. The fourth-order valence-electron chi connectivity index (χ4n) is 1.53. The average molecular weight is 255 g/mol. The van der Waals surface area contributed by atoms with Crippen molar-refractivity contribution in [1.82, 2.24) is 4.90 Å². The zero-order valence-corrected chi connectivity index (χ0v) is 12.1. The molecule has 0 aromatic rings. The van der Waals surface area contributed by atoms with E-state index in [1.807, 2.05) is 13.8 Å². The van der Waals surface area contributed by atoms with Crippen LogP contribution >= 0.6 is 0 Å². The number of ether oxygens (including phenoxy) is 1. The summed E-state index contributed by atoms with van der Waals surface area (Å²) in [6, 6.07) is -0.470. The van der Waals surface area contributed by atoms with Crippen LogP contribution in [0.5, 0.6) is 0 Å². The van der Waals surface area contributed by atoms with Gasteiger partial charge >= 0.3 is 6.09 Å². The molecule has 0 spiro atoms. The van der Waals surface area contributed by atoms with Gasteiger partial charge < -0.3 is 9.53 Å². The maximum absolute atomic E-state index is 12.1. The van der Waals surface area contributed by atoms with Gasteiger partial charge in [0.1, 0.15) is 11.9 Å². The second-order valence-electron chi connectivity index (χ2n) is 5.43. The van der Waals surface area contributed by atoms with Crippen molar-refractivity contribution in [1.29, 1.82) is 0 Å². The highest BCUT2D eigenvalue weighted by molar-refractivity contribution is 5.74. The summed E-state index contributed by atoms with van der Waals surface area (Å²) in [5.74, 6) is 0.0926. The number of rotatable bonds is 6. The molecule has 0 aromatic heterocycles. The van der Waals surface area contributed by atoms with Gasteiger partial charge in [0.25, 0.3) is 0 Å². The summed E-state index contributed by atoms with van der Waals surface area (Å²) in [7, 11) is 0. The molecule has 4 nitrogen and oxygen atoms in total. The number of hydrogen-bond donors (Lipinski definition) is 0. The Balaban J connectivity index is 4.97. The first-order valence-electron chi connectivity index (χ1n) is 6.32. The van der Waals surface area contributed by atoms with E-state index in [0.29, 0.717) is 6.54 Å². The minimum absolute atomic E-state index is 0.0926. The van der Waals surface area contributed by atoms with E-state index >= 15 is 0 Å². The van der Waals surface area contributed by atoms with Gasteiger partial charge in [-0.05, 0) is 26.7 Å². The number of aldehydes is 1. The lowest BCUT2D eigenvalue weighted by Crippen LogP contribution is -2.47. The van der Waals surface area contributed by atoms with Gasteiger partial charge in [-0.15, -0.1) is 6.58 Å². The number of carbonyl (C=O) groups is 2. The largest absolute Gasteiger partial charge is 0.444 e. The summed E-state index contributed by atoms with van der Waals surface area (Å²) in [6.07, 6.45) is 2.75. The van der Waals surface area contributed by atoms with E-state index in [0.717, 1.165) is 12.7 Å². The minimum atomic E-state index is -0.570. The van der Waals surface area contributed by atoms with Gasteiger partial charge in [-0.25, -0.2) is 4.79 Å². The fraction of sp³-hybridized carbons (Fsp3) is 0.714. The molecule has 0 N–H and O–H groups in total. The summed E-state index contributed by atoms with van der Waals surface area (Å²) in [6.45, 7) is 13.3. The Kier molecular flexibility index (Phi) is 6.66. The van der Waals surface area contributed by atoms with Crippen molar-refractivity contribution in [2.45, 2.75) is 52.7 Å². The Labute approximate surface area is 110 Å². The lowest BCUT2D eigenvalue weighted by atomic mass is 9.99. The van der Waals surface area contributed by atoms with Crippen LogP contribution < -0.4 is 0 Å². The molecule has 0 aliphatic rings. The van der Waals surface area contributed by atoms with Gasteiger partial charge in [0.05, 0.1) is 6.04 Å².